The maximum absolute atomic E-state index is 15.5. The molecule has 1 aliphatic rings. The van der Waals surface area contributed by atoms with Gasteiger partial charge in [-0.25, -0.2) is 9.37 Å². The van der Waals surface area contributed by atoms with Gasteiger partial charge in [-0.3, -0.25) is 14.6 Å². The van der Waals surface area contributed by atoms with Gasteiger partial charge in [0, 0.05) is 59.1 Å². The number of pyridine rings is 3. The van der Waals surface area contributed by atoms with Crippen molar-refractivity contribution in [2.75, 3.05) is 38.7 Å². The molecular weight excluding hydrogens is 673 g/mol. The van der Waals surface area contributed by atoms with Crippen molar-refractivity contribution in [2.45, 2.75) is 25.7 Å². The fourth-order valence-electron chi connectivity index (χ4n) is 6.24. The number of ether oxygens (including phenoxy) is 3. The molecule has 51 heavy (non-hydrogen) atoms. The lowest BCUT2D eigenvalue weighted by Crippen LogP contribution is -2.31. The number of carbonyl (C=O) groups is 1. The summed E-state index contributed by atoms with van der Waals surface area (Å²) in [4.78, 5) is 38.1. The van der Waals surface area contributed by atoms with Crippen molar-refractivity contribution in [1.82, 2.24) is 19.4 Å². The van der Waals surface area contributed by atoms with E-state index in [4.69, 9.17) is 25.8 Å². The van der Waals surface area contributed by atoms with Crippen LogP contribution in [-0.4, -0.2) is 58.7 Å². The molecule has 0 saturated carbocycles. The SMILES string of the molecule is COc1cc2c(Oc3ccc(NC(=O)c4cn(-c5ccc(Cl)cc5)c5ncccc5c4=O)cc3F)ccnc2cc1OCCCN1CCCCC1. The van der Waals surface area contributed by atoms with Crippen LogP contribution in [0.5, 0.6) is 23.0 Å². The second kappa shape index (κ2) is 15.2. The Morgan fingerprint density at radius 2 is 1.73 bits per heavy atom. The fourth-order valence-corrected chi connectivity index (χ4v) is 6.37. The number of hydrogen-bond donors (Lipinski definition) is 1. The van der Waals surface area contributed by atoms with E-state index in [0.717, 1.165) is 32.1 Å². The van der Waals surface area contributed by atoms with E-state index in [0.29, 0.717) is 51.1 Å². The van der Waals surface area contributed by atoms with Crippen molar-refractivity contribution < 1.29 is 23.4 Å². The highest BCUT2D eigenvalue weighted by atomic mass is 35.5. The van der Waals surface area contributed by atoms with Crippen LogP contribution in [0.1, 0.15) is 36.0 Å². The predicted octanol–water partition coefficient (Wildman–Crippen LogP) is 8.03. The van der Waals surface area contributed by atoms with Gasteiger partial charge in [-0.1, -0.05) is 18.0 Å². The largest absolute Gasteiger partial charge is 0.493 e. The van der Waals surface area contributed by atoms with E-state index in [1.165, 1.54) is 37.6 Å². The Balaban J connectivity index is 1.08. The van der Waals surface area contributed by atoms with Crippen molar-refractivity contribution in [1.29, 1.82) is 0 Å². The van der Waals surface area contributed by atoms with Crippen LogP contribution in [0.3, 0.4) is 0 Å². The van der Waals surface area contributed by atoms with E-state index in [1.807, 2.05) is 0 Å². The molecule has 1 saturated heterocycles. The summed E-state index contributed by atoms with van der Waals surface area (Å²) in [5, 5.41) is 4.04. The Bertz CT molecular complexity index is 2270. The highest BCUT2D eigenvalue weighted by molar-refractivity contribution is 6.30. The minimum Gasteiger partial charge on any atom is -0.493 e. The maximum Gasteiger partial charge on any atom is 0.261 e. The summed E-state index contributed by atoms with van der Waals surface area (Å²) >= 11 is 6.07. The van der Waals surface area contributed by atoms with E-state index in [2.05, 4.69) is 20.2 Å². The zero-order valence-corrected chi connectivity index (χ0v) is 28.7. The number of nitrogens with one attached hydrogen (secondary N) is 1. The molecular formula is C39H35ClFN5O5. The number of piperidine rings is 1. The smallest absolute Gasteiger partial charge is 0.261 e. The van der Waals surface area contributed by atoms with E-state index >= 15 is 4.39 Å². The summed E-state index contributed by atoms with van der Waals surface area (Å²) in [7, 11) is 1.56. The Kier molecular flexibility index (Phi) is 10.1. The third-order valence-electron chi connectivity index (χ3n) is 8.83. The van der Waals surface area contributed by atoms with Gasteiger partial charge >= 0.3 is 0 Å². The van der Waals surface area contributed by atoms with Crippen LogP contribution in [0.25, 0.3) is 27.6 Å². The number of nitrogens with zero attached hydrogens (tertiary/aromatic N) is 4. The number of rotatable bonds is 11. The topological polar surface area (TPSA) is 108 Å². The number of halogens is 2. The highest BCUT2D eigenvalue weighted by Crippen LogP contribution is 2.38. The Morgan fingerprint density at radius 1 is 0.902 bits per heavy atom. The molecule has 3 aromatic heterocycles. The third kappa shape index (κ3) is 7.50. The van der Waals surface area contributed by atoms with Gasteiger partial charge in [0.05, 0.1) is 24.6 Å². The molecule has 1 amide bonds. The zero-order valence-electron chi connectivity index (χ0n) is 27.9. The van der Waals surface area contributed by atoms with Crippen LogP contribution in [0, 0.1) is 5.82 Å². The molecule has 6 aromatic rings. The van der Waals surface area contributed by atoms with Crippen molar-refractivity contribution in [3.63, 3.8) is 0 Å². The quantitative estimate of drug-likeness (QED) is 0.135. The van der Waals surface area contributed by atoms with E-state index in [-0.39, 0.29) is 22.4 Å². The number of aromatic nitrogens is 3. The first-order valence-electron chi connectivity index (χ1n) is 16.7. The summed E-state index contributed by atoms with van der Waals surface area (Å²) in [6.07, 6.45) is 9.26. The lowest BCUT2D eigenvalue weighted by Gasteiger charge is -2.26. The summed E-state index contributed by atoms with van der Waals surface area (Å²) in [5.74, 6) is -0.0610. The number of methoxy groups -OCH3 is 1. The summed E-state index contributed by atoms with van der Waals surface area (Å²) in [5.41, 5.74) is 1.11. The van der Waals surface area contributed by atoms with Gasteiger partial charge in [-0.15, -0.1) is 0 Å². The molecule has 4 heterocycles. The minimum atomic E-state index is -0.723. The third-order valence-corrected chi connectivity index (χ3v) is 9.09. The lowest BCUT2D eigenvalue weighted by molar-refractivity contribution is 0.102. The Morgan fingerprint density at radius 3 is 2.51 bits per heavy atom. The second-order valence-electron chi connectivity index (χ2n) is 12.2. The predicted molar refractivity (Wildman–Crippen MR) is 195 cm³/mol. The van der Waals surface area contributed by atoms with Crippen molar-refractivity contribution in [3.05, 3.63) is 118 Å². The number of hydrogen-bond acceptors (Lipinski definition) is 8. The number of anilines is 1. The number of benzene rings is 3. The number of carbonyl (C=O) groups excluding carboxylic acids is 1. The normalized spacial score (nSPS) is 13.3. The molecule has 0 radical (unpaired) electrons. The molecule has 1 fully saturated rings. The fraction of sp³-hybridized carbons (Fsp3) is 0.231. The average molecular weight is 708 g/mol. The molecule has 1 aliphatic heterocycles. The second-order valence-corrected chi connectivity index (χ2v) is 12.7. The van der Waals surface area contributed by atoms with Gasteiger partial charge in [0.15, 0.2) is 23.1 Å². The Hall–Kier alpha value is -5.52. The van der Waals surface area contributed by atoms with Gasteiger partial charge in [-0.05, 0) is 93.0 Å². The molecule has 10 nitrogen and oxygen atoms in total. The highest BCUT2D eigenvalue weighted by Gasteiger charge is 2.19. The first-order chi connectivity index (χ1) is 24.9. The maximum atomic E-state index is 15.5. The van der Waals surface area contributed by atoms with Crippen molar-refractivity contribution in [2.24, 2.45) is 0 Å². The molecule has 0 atom stereocenters. The summed E-state index contributed by atoms with van der Waals surface area (Å²) in [6, 6.07) is 19.4. The van der Waals surface area contributed by atoms with Gasteiger partial charge in [-0.2, -0.15) is 0 Å². The first-order valence-corrected chi connectivity index (χ1v) is 17.1. The zero-order chi connectivity index (χ0) is 35.3. The number of fused-ring (bicyclic) bond motifs is 2. The minimum absolute atomic E-state index is 0.0700. The first kappa shape index (κ1) is 34.0. The monoisotopic (exact) mass is 707 g/mol. The summed E-state index contributed by atoms with van der Waals surface area (Å²) in [6.45, 7) is 3.81. The lowest BCUT2D eigenvalue weighted by atomic mass is 10.1. The van der Waals surface area contributed by atoms with Crippen LogP contribution in [0.2, 0.25) is 5.02 Å². The Labute approximate surface area is 298 Å². The molecule has 0 aliphatic carbocycles. The number of likely N-dealkylation sites (tertiary alicyclic amines) is 1. The molecule has 260 valence electrons. The molecule has 0 bridgehead atoms. The molecule has 7 rings (SSSR count). The molecule has 12 heteroatoms. The van der Waals surface area contributed by atoms with Gasteiger partial charge in [0.25, 0.3) is 5.91 Å². The van der Waals surface area contributed by atoms with Crippen molar-refractivity contribution >= 4 is 45.1 Å². The van der Waals surface area contributed by atoms with Crippen LogP contribution in [-0.2, 0) is 0 Å². The van der Waals surface area contributed by atoms with Crippen LogP contribution in [0.4, 0.5) is 10.1 Å². The van der Waals surface area contributed by atoms with E-state index in [1.54, 1.807) is 78.7 Å². The van der Waals surface area contributed by atoms with Crippen LogP contribution >= 0.6 is 11.6 Å². The van der Waals surface area contributed by atoms with Crippen LogP contribution in [0.15, 0.2) is 96.2 Å². The molecule has 3 aromatic carbocycles. The van der Waals surface area contributed by atoms with Crippen molar-refractivity contribution in [3.8, 4) is 28.7 Å². The molecule has 0 unspecified atom stereocenters. The van der Waals surface area contributed by atoms with E-state index < -0.39 is 17.2 Å². The van der Waals surface area contributed by atoms with Gasteiger partial charge in [0.2, 0.25) is 5.43 Å². The summed E-state index contributed by atoms with van der Waals surface area (Å²) < 4.78 is 34.8. The van der Waals surface area contributed by atoms with Gasteiger partial charge < -0.3 is 29.0 Å². The molecule has 0 spiro atoms. The van der Waals surface area contributed by atoms with Crippen LogP contribution < -0.4 is 25.0 Å². The van der Waals surface area contributed by atoms with Gasteiger partial charge in [0.1, 0.15) is 17.0 Å². The standard InChI is InChI=1S/C39H35ClFN5O5/c1-49-35-22-29-32(23-36(35)50-20-6-19-45-17-3-2-4-18-45)42-16-14-33(29)51-34-13-10-26(21-31(34)41)44-39(48)30-24-46(27-11-8-25(40)9-12-27)38-28(37(30)47)7-5-15-43-38/h5,7-16,21-24H,2-4,6,17-20H2,1H3,(H,44,48). The molecule has 1 N–H and O–H groups in total. The number of amides is 1. The average Bonchev–Trinajstić information content (AvgIpc) is 3.15. The van der Waals surface area contributed by atoms with E-state index in [9.17, 15) is 9.59 Å².